The zero-order valence-corrected chi connectivity index (χ0v) is 18.4. The van der Waals surface area contributed by atoms with Gasteiger partial charge in [0.1, 0.15) is 29.7 Å². The average Bonchev–Trinajstić information content (AvgIpc) is 3.39. The van der Waals surface area contributed by atoms with Gasteiger partial charge >= 0.3 is 0 Å². The number of aromatic nitrogens is 5. The molecule has 31 heavy (non-hydrogen) atoms. The SMILES string of the molecule is COCc1nc(NC2CCCn3nc(COC)nc32)c2c(-c3ccccc3)csc2n1. The number of methoxy groups -OCH3 is 2. The number of nitrogens with one attached hydrogen (secondary N) is 1. The molecule has 0 spiro atoms. The van der Waals surface area contributed by atoms with Gasteiger partial charge in [0, 0.05) is 31.7 Å². The van der Waals surface area contributed by atoms with Crippen molar-refractivity contribution in [3.63, 3.8) is 0 Å². The summed E-state index contributed by atoms with van der Waals surface area (Å²) in [6.07, 6.45) is 1.98. The number of rotatable bonds is 7. The third-order valence-corrected chi connectivity index (χ3v) is 6.21. The Bertz CT molecular complexity index is 1190. The van der Waals surface area contributed by atoms with Crippen LogP contribution >= 0.6 is 11.3 Å². The lowest BCUT2D eigenvalue weighted by Crippen LogP contribution is -2.23. The van der Waals surface area contributed by atoms with E-state index in [1.807, 2.05) is 22.9 Å². The third-order valence-electron chi connectivity index (χ3n) is 5.34. The summed E-state index contributed by atoms with van der Waals surface area (Å²) in [4.78, 5) is 15.2. The molecule has 1 N–H and O–H groups in total. The fourth-order valence-electron chi connectivity index (χ4n) is 4.01. The Morgan fingerprint density at radius 2 is 1.87 bits per heavy atom. The van der Waals surface area contributed by atoms with E-state index in [4.69, 9.17) is 24.4 Å². The lowest BCUT2D eigenvalue weighted by molar-refractivity contribution is 0.177. The highest BCUT2D eigenvalue weighted by Crippen LogP contribution is 2.39. The van der Waals surface area contributed by atoms with E-state index < -0.39 is 0 Å². The molecule has 0 bridgehead atoms. The van der Waals surface area contributed by atoms with Gasteiger partial charge in [-0.1, -0.05) is 30.3 Å². The molecule has 0 radical (unpaired) electrons. The van der Waals surface area contributed by atoms with Crippen molar-refractivity contribution in [3.8, 4) is 11.1 Å². The van der Waals surface area contributed by atoms with Crippen molar-refractivity contribution in [2.45, 2.75) is 38.6 Å². The van der Waals surface area contributed by atoms with E-state index in [0.29, 0.717) is 24.9 Å². The van der Waals surface area contributed by atoms with Crippen molar-refractivity contribution >= 4 is 27.4 Å². The fraction of sp³-hybridized carbons (Fsp3) is 0.364. The molecule has 0 amide bonds. The molecule has 5 rings (SSSR count). The van der Waals surface area contributed by atoms with Crippen LogP contribution < -0.4 is 5.32 Å². The van der Waals surface area contributed by atoms with Crippen LogP contribution in [0.2, 0.25) is 0 Å². The Kier molecular flexibility index (Phi) is 5.63. The van der Waals surface area contributed by atoms with Crippen LogP contribution in [0.5, 0.6) is 0 Å². The number of ether oxygens (including phenoxy) is 2. The number of hydrogen-bond donors (Lipinski definition) is 1. The molecule has 1 atom stereocenters. The Balaban J connectivity index is 1.58. The highest BCUT2D eigenvalue weighted by Gasteiger charge is 2.26. The topological polar surface area (TPSA) is 87.0 Å². The minimum Gasteiger partial charge on any atom is -0.377 e. The Labute approximate surface area is 184 Å². The van der Waals surface area contributed by atoms with E-state index >= 15 is 0 Å². The summed E-state index contributed by atoms with van der Waals surface area (Å²) < 4.78 is 12.5. The minimum atomic E-state index is 0.0175. The zero-order chi connectivity index (χ0) is 21.2. The second-order valence-corrected chi connectivity index (χ2v) is 8.36. The lowest BCUT2D eigenvalue weighted by atomic mass is 10.0. The van der Waals surface area contributed by atoms with Gasteiger partial charge in [0.05, 0.1) is 11.4 Å². The van der Waals surface area contributed by atoms with Gasteiger partial charge in [-0.25, -0.2) is 19.6 Å². The van der Waals surface area contributed by atoms with E-state index in [0.717, 1.165) is 52.4 Å². The highest BCUT2D eigenvalue weighted by molar-refractivity contribution is 7.17. The summed E-state index contributed by atoms with van der Waals surface area (Å²) in [7, 11) is 3.32. The Morgan fingerprint density at radius 3 is 2.68 bits per heavy atom. The first kappa shape index (κ1) is 20.0. The van der Waals surface area contributed by atoms with Gasteiger partial charge in [0.25, 0.3) is 0 Å². The zero-order valence-electron chi connectivity index (χ0n) is 17.5. The van der Waals surface area contributed by atoms with Crippen molar-refractivity contribution in [3.05, 3.63) is 53.2 Å². The molecule has 8 nitrogen and oxygen atoms in total. The second kappa shape index (κ2) is 8.70. The molecule has 1 unspecified atom stereocenters. The molecular formula is C22H24N6O2S. The van der Waals surface area contributed by atoms with E-state index in [2.05, 4.69) is 27.9 Å². The van der Waals surface area contributed by atoms with E-state index in [1.54, 1.807) is 25.6 Å². The van der Waals surface area contributed by atoms with E-state index in [-0.39, 0.29) is 6.04 Å². The quantitative estimate of drug-likeness (QED) is 0.465. The predicted molar refractivity (Wildman–Crippen MR) is 120 cm³/mol. The number of aryl methyl sites for hydroxylation is 1. The number of anilines is 1. The summed E-state index contributed by atoms with van der Waals surface area (Å²) in [6, 6.07) is 10.4. The predicted octanol–water partition coefficient (Wildman–Crippen LogP) is 4.19. The number of thiophene rings is 1. The smallest absolute Gasteiger partial charge is 0.176 e. The molecule has 160 valence electrons. The van der Waals surface area contributed by atoms with Gasteiger partial charge in [-0.3, -0.25) is 0 Å². The van der Waals surface area contributed by atoms with Crippen molar-refractivity contribution in [2.75, 3.05) is 19.5 Å². The van der Waals surface area contributed by atoms with Crippen LogP contribution in [0.4, 0.5) is 5.82 Å². The molecule has 3 aromatic heterocycles. The minimum absolute atomic E-state index is 0.0175. The van der Waals surface area contributed by atoms with Crippen molar-refractivity contribution in [2.24, 2.45) is 0 Å². The van der Waals surface area contributed by atoms with Crippen molar-refractivity contribution < 1.29 is 9.47 Å². The number of nitrogens with zero attached hydrogens (tertiary/aromatic N) is 5. The van der Waals surface area contributed by atoms with Crippen LogP contribution in [-0.4, -0.2) is 39.0 Å². The summed E-state index contributed by atoms with van der Waals surface area (Å²) in [5.74, 6) is 3.11. The monoisotopic (exact) mass is 436 g/mol. The highest BCUT2D eigenvalue weighted by atomic mass is 32.1. The molecule has 9 heteroatoms. The fourth-order valence-corrected chi connectivity index (χ4v) is 4.97. The molecule has 4 aromatic rings. The largest absolute Gasteiger partial charge is 0.377 e. The van der Waals surface area contributed by atoms with Crippen LogP contribution in [-0.2, 0) is 29.2 Å². The van der Waals surface area contributed by atoms with Crippen LogP contribution in [0, 0.1) is 0 Å². The molecule has 1 aliphatic heterocycles. The molecule has 4 heterocycles. The van der Waals surface area contributed by atoms with Crippen LogP contribution in [0.1, 0.15) is 36.4 Å². The number of fused-ring (bicyclic) bond motifs is 2. The van der Waals surface area contributed by atoms with Crippen LogP contribution in [0.3, 0.4) is 0 Å². The van der Waals surface area contributed by atoms with Gasteiger partial charge in [0.2, 0.25) is 0 Å². The van der Waals surface area contributed by atoms with Gasteiger partial charge < -0.3 is 14.8 Å². The summed E-state index contributed by atoms with van der Waals surface area (Å²) in [6.45, 7) is 1.64. The molecule has 0 fully saturated rings. The summed E-state index contributed by atoms with van der Waals surface area (Å²) >= 11 is 1.62. The average molecular weight is 437 g/mol. The van der Waals surface area contributed by atoms with Gasteiger partial charge in [-0.05, 0) is 18.4 Å². The first-order chi connectivity index (χ1) is 15.3. The number of benzene rings is 1. The first-order valence-corrected chi connectivity index (χ1v) is 11.2. The molecular weight excluding hydrogens is 412 g/mol. The van der Waals surface area contributed by atoms with Gasteiger partial charge in [-0.2, -0.15) is 5.10 Å². The van der Waals surface area contributed by atoms with E-state index in [1.165, 1.54) is 0 Å². The van der Waals surface area contributed by atoms with Crippen LogP contribution in [0.25, 0.3) is 21.3 Å². The summed E-state index contributed by atoms with van der Waals surface area (Å²) in [5, 5.41) is 11.4. The van der Waals surface area contributed by atoms with Crippen molar-refractivity contribution in [1.29, 1.82) is 0 Å². The molecule has 1 aliphatic rings. The maximum atomic E-state index is 5.31. The normalized spacial score (nSPS) is 15.9. The van der Waals surface area contributed by atoms with E-state index in [9.17, 15) is 0 Å². The summed E-state index contributed by atoms with van der Waals surface area (Å²) in [5.41, 5.74) is 2.28. The van der Waals surface area contributed by atoms with Crippen molar-refractivity contribution in [1.82, 2.24) is 24.7 Å². The lowest BCUT2D eigenvalue weighted by Gasteiger charge is -2.24. The molecule has 0 saturated heterocycles. The second-order valence-electron chi connectivity index (χ2n) is 7.50. The Hall–Kier alpha value is -2.88. The third kappa shape index (κ3) is 3.91. The van der Waals surface area contributed by atoms with Crippen LogP contribution in [0.15, 0.2) is 35.7 Å². The number of hydrogen-bond acceptors (Lipinski definition) is 8. The van der Waals surface area contributed by atoms with Gasteiger partial charge in [-0.15, -0.1) is 11.3 Å². The molecule has 0 saturated carbocycles. The molecule has 0 aliphatic carbocycles. The standard InChI is InChI=1S/C22H24N6O2S/c1-29-11-17-24-20(19-15(13-31-22(19)26-17)14-7-4-3-5-8-14)23-16-9-6-10-28-21(16)25-18(27-28)12-30-2/h3-5,7-8,13,16H,6,9-12H2,1-2H3,(H,23,24,26). The Morgan fingerprint density at radius 1 is 1.06 bits per heavy atom. The maximum Gasteiger partial charge on any atom is 0.176 e. The maximum absolute atomic E-state index is 5.31. The molecule has 1 aromatic carbocycles. The van der Waals surface area contributed by atoms with Gasteiger partial charge in [0.15, 0.2) is 11.6 Å². The first-order valence-electron chi connectivity index (χ1n) is 10.3.